The van der Waals surface area contributed by atoms with E-state index in [9.17, 15) is 4.79 Å². The predicted molar refractivity (Wildman–Crippen MR) is 103 cm³/mol. The highest BCUT2D eigenvalue weighted by Crippen LogP contribution is 2.21. The third-order valence-electron chi connectivity index (χ3n) is 3.53. The lowest BCUT2D eigenvalue weighted by Gasteiger charge is -2.08. The number of halogens is 1. The molecule has 25 heavy (non-hydrogen) atoms. The third-order valence-corrected chi connectivity index (χ3v) is 4.79. The Morgan fingerprint density at radius 2 is 2.00 bits per heavy atom. The molecule has 3 aromatic rings. The van der Waals surface area contributed by atoms with Crippen molar-refractivity contribution in [1.82, 2.24) is 9.78 Å². The Kier molecular flexibility index (Phi) is 6.14. The van der Waals surface area contributed by atoms with Crippen molar-refractivity contribution in [2.24, 2.45) is 0 Å². The number of carbonyl (C=O) groups excluding carboxylic acids is 1. The van der Waals surface area contributed by atoms with Gasteiger partial charge in [-0.2, -0.15) is 5.10 Å². The van der Waals surface area contributed by atoms with Gasteiger partial charge in [-0.1, -0.05) is 23.7 Å². The van der Waals surface area contributed by atoms with E-state index in [-0.39, 0.29) is 5.91 Å². The fourth-order valence-electron chi connectivity index (χ4n) is 2.34. The summed E-state index contributed by atoms with van der Waals surface area (Å²) >= 11 is 7.51. The lowest BCUT2D eigenvalue weighted by atomic mass is 10.2. The van der Waals surface area contributed by atoms with Gasteiger partial charge < -0.3 is 5.32 Å². The van der Waals surface area contributed by atoms with Crippen LogP contribution in [0, 0.1) is 0 Å². The highest BCUT2D eigenvalue weighted by molar-refractivity contribution is 7.99. The van der Waals surface area contributed by atoms with Crippen LogP contribution in [0.25, 0.3) is 0 Å². The van der Waals surface area contributed by atoms with Crippen molar-refractivity contribution in [3.63, 3.8) is 0 Å². The van der Waals surface area contributed by atoms with Crippen molar-refractivity contribution in [3.8, 4) is 0 Å². The second kappa shape index (κ2) is 8.74. The first-order valence-electron chi connectivity index (χ1n) is 7.94. The number of hydrogen-bond donors (Lipinski definition) is 1. The molecule has 0 aliphatic carbocycles. The van der Waals surface area contributed by atoms with E-state index in [1.807, 2.05) is 65.5 Å². The van der Waals surface area contributed by atoms with Crippen molar-refractivity contribution in [1.29, 1.82) is 0 Å². The van der Waals surface area contributed by atoms with Gasteiger partial charge in [0.05, 0.1) is 6.54 Å². The summed E-state index contributed by atoms with van der Waals surface area (Å²) < 4.78 is 1.85. The van der Waals surface area contributed by atoms with Gasteiger partial charge in [0.25, 0.3) is 0 Å². The molecule has 0 radical (unpaired) electrons. The molecule has 0 saturated carbocycles. The Morgan fingerprint density at radius 3 is 2.76 bits per heavy atom. The summed E-state index contributed by atoms with van der Waals surface area (Å²) in [7, 11) is 0. The van der Waals surface area contributed by atoms with E-state index in [1.54, 1.807) is 18.0 Å². The molecule has 0 unspecified atom stereocenters. The molecule has 0 aliphatic heterocycles. The van der Waals surface area contributed by atoms with E-state index in [1.165, 1.54) is 0 Å². The Balaban J connectivity index is 1.48. The van der Waals surface area contributed by atoms with Crippen molar-refractivity contribution in [3.05, 3.63) is 77.6 Å². The molecule has 0 bridgehead atoms. The Labute approximate surface area is 156 Å². The molecule has 1 aromatic heterocycles. The summed E-state index contributed by atoms with van der Waals surface area (Å²) in [5.74, 6) is 0.734. The average Bonchev–Trinajstić information content (AvgIpc) is 3.10. The molecule has 0 saturated heterocycles. The normalized spacial score (nSPS) is 10.6. The monoisotopic (exact) mass is 371 g/mol. The molecule has 2 aromatic carbocycles. The Bertz CT molecular complexity index is 819. The number of rotatable bonds is 7. The molecule has 1 amide bonds. The van der Waals surface area contributed by atoms with E-state index < -0.39 is 0 Å². The van der Waals surface area contributed by atoms with Crippen LogP contribution >= 0.6 is 23.4 Å². The molecule has 0 atom stereocenters. The number of nitrogens with zero attached hydrogens (tertiary/aromatic N) is 2. The van der Waals surface area contributed by atoms with Gasteiger partial charge in [-0.25, -0.2) is 0 Å². The summed E-state index contributed by atoms with van der Waals surface area (Å²) in [6.07, 6.45) is 4.12. The molecule has 0 fully saturated rings. The van der Waals surface area contributed by atoms with Gasteiger partial charge in [-0.05, 0) is 48.0 Å². The molecule has 3 rings (SSSR count). The topological polar surface area (TPSA) is 46.9 Å². The second-order valence-electron chi connectivity index (χ2n) is 5.50. The van der Waals surface area contributed by atoms with Crippen LogP contribution in [0.3, 0.4) is 0 Å². The van der Waals surface area contributed by atoms with Gasteiger partial charge in [0.1, 0.15) is 0 Å². The van der Waals surface area contributed by atoms with Crippen LogP contribution in [-0.2, 0) is 11.3 Å². The summed E-state index contributed by atoms with van der Waals surface area (Å²) in [4.78, 5) is 13.2. The fourth-order valence-corrected chi connectivity index (χ4v) is 3.32. The molecule has 6 heteroatoms. The number of anilines is 1. The van der Waals surface area contributed by atoms with Gasteiger partial charge in [0.2, 0.25) is 5.91 Å². The van der Waals surface area contributed by atoms with Gasteiger partial charge in [-0.15, -0.1) is 11.8 Å². The summed E-state index contributed by atoms with van der Waals surface area (Å²) in [6, 6.07) is 17.4. The lowest BCUT2D eigenvalue weighted by molar-refractivity contribution is -0.115. The number of benzene rings is 2. The van der Waals surface area contributed by atoms with E-state index in [4.69, 9.17) is 11.6 Å². The van der Waals surface area contributed by atoms with Crippen molar-refractivity contribution >= 4 is 35.0 Å². The first-order valence-corrected chi connectivity index (χ1v) is 9.30. The summed E-state index contributed by atoms with van der Waals surface area (Å²) in [5.41, 5.74) is 1.91. The highest BCUT2D eigenvalue weighted by atomic mass is 35.5. The quantitative estimate of drug-likeness (QED) is 0.612. The lowest BCUT2D eigenvalue weighted by Crippen LogP contribution is -2.12. The number of carbonyl (C=O) groups is 1. The molecule has 128 valence electrons. The average molecular weight is 372 g/mol. The van der Waals surface area contributed by atoms with Crippen LogP contribution in [0.1, 0.15) is 12.0 Å². The number of hydrogen-bond acceptors (Lipinski definition) is 3. The predicted octanol–water partition coefficient (Wildman–Crippen LogP) is 4.71. The molecular weight excluding hydrogens is 354 g/mol. The fraction of sp³-hybridized carbons (Fsp3) is 0.158. The molecule has 1 heterocycles. The van der Waals surface area contributed by atoms with Crippen LogP contribution in [-0.4, -0.2) is 21.4 Å². The third kappa shape index (κ3) is 5.66. The van der Waals surface area contributed by atoms with Gasteiger partial charge in [-0.3, -0.25) is 9.48 Å². The second-order valence-corrected chi connectivity index (χ2v) is 7.11. The Hall–Kier alpha value is -2.24. The SMILES string of the molecule is O=C(CCSc1ccc(Cl)cc1)Nc1cccc(Cn2cccn2)c1. The van der Waals surface area contributed by atoms with Crippen LogP contribution in [0.5, 0.6) is 0 Å². The maximum atomic E-state index is 12.1. The molecule has 4 nitrogen and oxygen atoms in total. The first-order chi connectivity index (χ1) is 12.2. The minimum Gasteiger partial charge on any atom is -0.326 e. The van der Waals surface area contributed by atoms with Gasteiger partial charge in [0, 0.05) is 40.2 Å². The smallest absolute Gasteiger partial charge is 0.225 e. The maximum Gasteiger partial charge on any atom is 0.225 e. The van der Waals surface area contributed by atoms with E-state index in [0.717, 1.165) is 26.9 Å². The number of aromatic nitrogens is 2. The zero-order valence-electron chi connectivity index (χ0n) is 13.6. The minimum atomic E-state index is 0.0118. The maximum absolute atomic E-state index is 12.1. The Morgan fingerprint density at radius 1 is 1.16 bits per heavy atom. The minimum absolute atomic E-state index is 0.0118. The van der Waals surface area contributed by atoms with E-state index in [0.29, 0.717) is 13.0 Å². The largest absolute Gasteiger partial charge is 0.326 e. The van der Waals surface area contributed by atoms with Crippen LogP contribution in [0.4, 0.5) is 5.69 Å². The molecule has 1 N–H and O–H groups in total. The summed E-state index contributed by atoms with van der Waals surface area (Å²) in [6.45, 7) is 0.684. The highest BCUT2D eigenvalue weighted by Gasteiger charge is 2.04. The van der Waals surface area contributed by atoms with Crippen molar-refractivity contribution in [2.75, 3.05) is 11.1 Å². The molecule has 0 aliphatic rings. The first kappa shape index (κ1) is 17.6. The number of amides is 1. The van der Waals surface area contributed by atoms with Crippen LogP contribution in [0.15, 0.2) is 71.9 Å². The zero-order valence-corrected chi connectivity index (χ0v) is 15.1. The van der Waals surface area contributed by atoms with E-state index >= 15 is 0 Å². The van der Waals surface area contributed by atoms with Crippen molar-refractivity contribution < 1.29 is 4.79 Å². The van der Waals surface area contributed by atoms with Gasteiger partial charge in [0.15, 0.2) is 0 Å². The molecule has 0 spiro atoms. The number of nitrogens with one attached hydrogen (secondary N) is 1. The molecular formula is C19H18ClN3OS. The number of thioether (sulfide) groups is 1. The van der Waals surface area contributed by atoms with Crippen LogP contribution in [0.2, 0.25) is 5.02 Å². The standard InChI is InChI=1S/C19H18ClN3OS/c20-16-5-7-18(8-6-16)25-12-9-19(24)22-17-4-1-3-15(13-17)14-23-11-2-10-21-23/h1-8,10-11,13H,9,12,14H2,(H,22,24). The van der Waals surface area contributed by atoms with E-state index in [2.05, 4.69) is 10.4 Å². The van der Waals surface area contributed by atoms with Crippen LogP contribution < -0.4 is 5.32 Å². The van der Waals surface area contributed by atoms with Crippen molar-refractivity contribution in [2.45, 2.75) is 17.9 Å². The van der Waals surface area contributed by atoms with Gasteiger partial charge >= 0.3 is 0 Å². The summed E-state index contributed by atoms with van der Waals surface area (Å²) in [5, 5.41) is 7.87. The zero-order chi connectivity index (χ0) is 17.5.